The minimum absolute atomic E-state index is 0.00528. The standard InChI is InChI=1S/C37H43N5O5S/c38-31-8-5-6-9-32(31)42-35(45)11-4-2-1-3-10-34(44)41-23-26-12-18-29(19-13-26)36-46-30(25-48-37-39-20-7-21-40-37)22-33(47-36)28-16-14-27(24-43)15-17-28/h5-9,12-21,30,33,36,43H,1-4,10-11,22-25,38H2,(H,41,44)(H,42,45). The maximum Gasteiger partial charge on any atom is 0.224 e. The molecule has 0 spiro atoms. The highest BCUT2D eigenvalue weighted by Crippen LogP contribution is 2.39. The van der Waals surface area contributed by atoms with Crippen molar-refractivity contribution >= 4 is 35.0 Å². The van der Waals surface area contributed by atoms with Crippen molar-refractivity contribution < 1.29 is 24.2 Å². The minimum Gasteiger partial charge on any atom is -0.397 e. The molecule has 2 amide bonds. The molecule has 1 aliphatic heterocycles. The zero-order chi connectivity index (χ0) is 33.6. The molecule has 5 rings (SSSR count). The molecule has 1 aromatic heterocycles. The lowest BCUT2D eigenvalue weighted by atomic mass is 10.0. The summed E-state index contributed by atoms with van der Waals surface area (Å²) in [6.07, 6.45) is 7.48. The smallest absolute Gasteiger partial charge is 0.224 e. The highest BCUT2D eigenvalue weighted by Gasteiger charge is 2.32. The lowest BCUT2D eigenvalue weighted by Crippen LogP contribution is -2.31. The molecular weight excluding hydrogens is 627 g/mol. The molecule has 3 unspecified atom stereocenters. The second kappa shape index (κ2) is 18.3. The van der Waals surface area contributed by atoms with Gasteiger partial charge in [-0.25, -0.2) is 9.97 Å². The molecule has 252 valence electrons. The van der Waals surface area contributed by atoms with Crippen LogP contribution in [0.25, 0.3) is 0 Å². The number of hydrogen-bond donors (Lipinski definition) is 4. The van der Waals surface area contributed by atoms with Gasteiger partial charge in [-0.15, -0.1) is 0 Å². The third-order valence-corrected chi connectivity index (χ3v) is 9.10. The molecule has 11 heteroatoms. The maximum absolute atomic E-state index is 12.5. The van der Waals surface area contributed by atoms with Crippen molar-refractivity contribution in [1.82, 2.24) is 15.3 Å². The molecule has 0 bridgehead atoms. The van der Waals surface area contributed by atoms with Gasteiger partial charge in [-0.2, -0.15) is 0 Å². The quantitative estimate of drug-likeness (QED) is 0.0455. The summed E-state index contributed by atoms with van der Waals surface area (Å²) < 4.78 is 12.9. The second-order valence-electron chi connectivity index (χ2n) is 11.8. The van der Waals surface area contributed by atoms with Gasteiger partial charge in [0.1, 0.15) is 0 Å². The van der Waals surface area contributed by atoms with E-state index in [-0.39, 0.29) is 30.6 Å². The maximum atomic E-state index is 12.5. The van der Waals surface area contributed by atoms with Crippen LogP contribution in [0.2, 0.25) is 0 Å². The highest BCUT2D eigenvalue weighted by atomic mass is 32.2. The molecule has 1 fully saturated rings. The average Bonchev–Trinajstić information content (AvgIpc) is 3.13. The average molecular weight is 670 g/mol. The number of nitrogens with two attached hydrogens (primary N) is 1. The Bertz CT molecular complexity index is 1590. The largest absolute Gasteiger partial charge is 0.397 e. The number of nitrogen functional groups attached to an aromatic ring is 1. The van der Waals surface area contributed by atoms with E-state index in [1.807, 2.05) is 60.7 Å². The molecule has 5 N–H and O–H groups in total. The zero-order valence-corrected chi connectivity index (χ0v) is 27.7. The van der Waals surface area contributed by atoms with Gasteiger partial charge >= 0.3 is 0 Å². The number of rotatable bonds is 16. The van der Waals surface area contributed by atoms with E-state index in [1.54, 1.807) is 42.4 Å². The topological polar surface area (TPSA) is 149 Å². The number of thioether (sulfide) groups is 1. The Balaban J connectivity index is 1.05. The Labute approximate surface area is 285 Å². The summed E-state index contributed by atoms with van der Waals surface area (Å²) >= 11 is 1.55. The van der Waals surface area contributed by atoms with Gasteiger partial charge in [0.15, 0.2) is 11.4 Å². The predicted molar refractivity (Wildman–Crippen MR) is 187 cm³/mol. The van der Waals surface area contributed by atoms with Crippen LogP contribution < -0.4 is 16.4 Å². The first-order valence-corrected chi connectivity index (χ1v) is 17.4. The van der Waals surface area contributed by atoms with E-state index in [0.717, 1.165) is 47.9 Å². The van der Waals surface area contributed by atoms with Crippen LogP contribution in [0.15, 0.2) is 96.4 Å². The molecule has 0 saturated carbocycles. The van der Waals surface area contributed by atoms with Gasteiger partial charge in [-0.3, -0.25) is 9.59 Å². The highest BCUT2D eigenvalue weighted by molar-refractivity contribution is 7.99. The molecule has 10 nitrogen and oxygen atoms in total. The summed E-state index contributed by atoms with van der Waals surface area (Å²) in [7, 11) is 0. The minimum atomic E-state index is -0.560. The fraction of sp³-hybridized carbons (Fsp3) is 0.351. The number of hydrogen-bond acceptors (Lipinski definition) is 9. The van der Waals surface area contributed by atoms with Crippen LogP contribution >= 0.6 is 11.8 Å². The number of anilines is 2. The molecule has 2 heterocycles. The van der Waals surface area contributed by atoms with Crippen LogP contribution in [0.1, 0.15) is 79.6 Å². The first-order chi connectivity index (χ1) is 23.5. The summed E-state index contributed by atoms with van der Waals surface area (Å²) in [4.78, 5) is 33.3. The Morgan fingerprint density at radius 3 is 2.19 bits per heavy atom. The van der Waals surface area contributed by atoms with E-state index >= 15 is 0 Å². The number of unbranched alkanes of at least 4 members (excludes halogenated alkanes) is 3. The summed E-state index contributed by atoms with van der Waals surface area (Å²) in [5, 5.41) is 16.0. The van der Waals surface area contributed by atoms with E-state index in [2.05, 4.69) is 20.6 Å². The lowest BCUT2D eigenvalue weighted by Gasteiger charge is -2.36. The van der Waals surface area contributed by atoms with Gasteiger partial charge in [0.05, 0.1) is 30.2 Å². The first kappa shape index (κ1) is 35.0. The van der Waals surface area contributed by atoms with Crippen molar-refractivity contribution in [3.8, 4) is 0 Å². The van der Waals surface area contributed by atoms with Gasteiger partial charge < -0.3 is 30.9 Å². The molecule has 0 radical (unpaired) electrons. The zero-order valence-electron chi connectivity index (χ0n) is 26.9. The van der Waals surface area contributed by atoms with Crippen LogP contribution in [-0.2, 0) is 32.2 Å². The molecule has 3 atom stereocenters. The summed E-state index contributed by atoms with van der Waals surface area (Å²) in [6, 6.07) is 24.8. The number of aromatic nitrogens is 2. The van der Waals surface area contributed by atoms with Crippen LogP contribution in [0.3, 0.4) is 0 Å². The van der Waals surface area contributed by atoms with Crippen LogP contribution in [0.4, 0.5) is 11.4 Å². The first-order valence-electron chi connectivity index (χ1n) is 16.4. The normalized spacial score (nSPS) is 17.5. The van der Waals surface area contributed by atoms with E-state index in [0.29, 0.717) is 48.1 Å². The van der Waals surface area contributed by atoms with E-state index in [9.17, 15) is 14.7 Å². The molecule has 3 aromatic carbocycles. The number of carbonyl (C=O) groups excluding carboxylic acids is 2. The number of nitrogens with one attached hydrogen (secondary N) is 2. The number of amides is 2. The molecule has 4 aromatic rings. The van der Waals surface area contributed by atoms with Crippen LogP contribution in [0, 0.1) is 0 Å². The van der Waals surface area contributed by atoms with Crippen molar-refractivity contribution in [2.75, 3.05) is 16.8 Å². The fourth-order valence-electron chi connectivity index (χ4n) is 5.38. The van der Waals surface area contributed by atoms with Gasteiger partial charge in [0.25, 0.3) is 0 Å². The van der Waals surface area contributed by atoms with Crippen LogP contribution in [-0.4, -0.2) is 38.7 Å². The molecule has 0 aliphatic carbocycles. The second-order valence-corrected chi connectivity index (χ2v) is 12.7. The van der Waals surface area contributed by atoms with Crippen molar-refractivity contribution in [3.63, 3.8) is 0 Å². The molecule has 48 heavy (non-hydrogen) atoms. The van der Waals surface area contributed by atoms with Gasteiger partial charge in [0, 0.05) is 49.5 Å². The Kier molecular flexibility index (Phi) is 13.4. The number of carbonyl (C=O) groups is 2. The van der Waals surface area contributed by atoms with Crippen LogP contribution in [0.5, 0.6) is 0 Å². The predicted octanol–water partition coefficient (Wildman–Crippen LogP) is 6.48. The van der Waals surface area contributed by atoms with Gasteiger partial charge in [0.2, 0.25) is 11.8 Å². The van der Waals surface area contributed by atoms with E-state index in [4.69, 9.17) is 15.2 Å². The molecule has 1 saturated heterocycles. The SMILES string of the molecule is Nc1ccccc1NC(=O)CCCCCCC(=O)NCc1ccc(C2OC(CSc3ncccn3)CC(c3ccc(CO)cc3)O2)cc1. The third-order valence-electron chi connectivity index (χ3n) is 8.09. The molecular formula is C37H43N5O5S. The van der Waals surface area contributed by atoms with E-state index < -0.39 is 6.29 Å². The number of para-hydroxylation sites is 2. The summed E-state index contributed by atoms with van der Waals surface area (Å²) in [6.45, 7) is 0.430. The summed E-state index contributed by atoms with van der Waals surface area (Å²) in [5.74, 6) is 0.634. The number of ether oxygens (including phenoxy) is 2. The van der Waals surface area contributed by atoms with Crippen molar-refractivity contribution in [2.24, 2.45) is 0 Å². The number of benzene rings is 3. The number of aliphatic hydroxyl groups excluding tert-OH is 1. The van der Waals surface area contributed by atoms with Crippen molar-refractivity contribution in [1.29, 1.82) is 0 Å². The van der Waals surface area contributed by atoms with Crippen molar-refractivity contribution in [2.45, 2.75) is 81.8 Å². The lowest BCUT2D eigenvalue weighted by molar-refractivity contribution is -0.245. The monoisotopic (exact) mass is 669 g/mol. The number of aliphatic hydroxyl groups is 1. The third kappa shape index (κ3) is 10.9. The van der Waals surface area contributed by atoms with Gasteiger partial charge in [-0.05, 0) is 47.7 Å². The Morgan fingerprint density at radius 1 is 0.812 bits per heavy atom. The number of nitrogens with zero attached hydrogens (tertiary/aromatic N) is 2. The summed E-state index contributed by atoms with van der Waals surface area (Å²) in [5.41, 5.74) is 10.8. The van der Waals surface area contributed by atoms with Gasteiger partial charge in [-0.1, -0.05) is 85.3 Å². The van der Waals surface area contributed by atoms with Crippen molar-refractivity contribution in [3.05, 3.63) is 114 Å². The van der Waals surface area contributed by atoms with E-state index in [1.165, 1.54) is 0 Å². The fourth-order valence-corrected chi connectivity index (χ4v) is 6.20. The Morgan fingerprint density at radius 2 is 1.48 bits per heavy atom. The molecule has 1 aliphatic rings. The Hall–Kier alpha value is -4.29.